The van der Waals surface area contributed by atoms with Gasteiger partial charge in [-0.3, -0.25) is 0 Å². The largest absolute Gasteiger partial charge is 0.490 e. The molecule has 10 heteroatoms. The molecule has 50 heavy (non-hydrogen) atoms. The van der Waals surface area contributed by atoms with Crippen LogP contribution < -0.4 is 9.47 Å². The van der Waals surface area contributed by atoms with Crippen molar-refractivity contribution < 1.29 is 48.2 Å². The molecule has 6 rings (SSSR count). The van der Waals surface area contributed by atoms with Crippen LogP contribution in [0.2, 0.25) is 0 Å². The van der Waals surface area contributed by atoms with Crippen LogP contribution in [0.15, 0.2) is 72.8 Å². The number of carbonyl (C=O) groups excluding carboxylic acids is 2. The highest BCUT2D eigenvalue weighted by atomic mass is 16.6. The molecule has 4 saturated carbocycles. The number of hydrogen-bond acceptors (Lipinski definition) is 10. The summed E-state index contributed by atoms with van der Waals surface area (Å²) in [6.45, 7) is 11.1. The molecule has 4 aliphatic rings. The number of para-hydroxylation sites is 2. The van der Waals surface area contributed by atoms with Crippen LogP contribution in [0.25, 0.3) is 0 Å². The molecular formula is C40H52O10. The number of rotatable bonds is 20. The van der Waals surface area contributed by atoms with Crippen LogP contribution in [0.5, 0.6) is 11.5 Å². The summed E-state index contributed by atoms with van der Waals surface area (Å²) >= 11 is 0. The van der Waals surface area contributed by atoms with E-state index in [9.17, 15) is 19.8 Å². The summed E-state index contributed by atoms with van der Waals surface area (Å²) < 4.78 is 33.7. The minimum Gasteiger partial charge on any atom is -0.490 e. The van der Waals surface area contributed by atoms with Crippen LogP contribution in [0.1, 0.15) is 63.5 Å². The van der Waals surface area contributed by atoms with Crippen LogP contribution in [-0.4, -0.2) is 87.2 Å². The van der Waals surface area contributed by atoms with E-state index in [1.807, 2.05) is 24.3 Å². The van der Waals surface area contributed by atoms with Crippen LogP contribution in [-0.2, 0) is 39.4 Å². The first-order valence-corrected chi connectivity index (χ1v) is 17.6. The van der Waals surface area contributed by atoms with E-state index in [4.69, 9.17) is 28.4 Å². The Hall–Kier alpha value is -3.70. The predicted molar refractivity (Wildman–Crippen MR) is 187 cm³/mol. The Morgan fingerprint density at radius 3 is 1.48 bits per heavy atom. The molecule has 0 heterocycles. The first-order chi connectivity index (χ1) is 24.0. The van der Waals surface area contributed by atoms with Gasteiger partial charge in [-0.1, -0.05) is 49.6 Å². The van der Waals surface area contributed by atoms with Gasteiger partial charge >= 0.3 is 11.9 Å². The van der Waals surface area contributed by atoms with Gasteiger partial charge < -0.3 is 38.6 Å². The minimum absolute atomic E-state index is 0.0632. The molecule has 4 bridgehead atoms. The first kappa shape index (κ1) is 37.6. The highest BCUT2D eigenvalue weighted by Crippen LogP contribution is 2.67. The van der Waals surface area contributed by atoms with E-state index < -0.39 is 24.1 Å². The molecule has 2 atom stereocenters. The number of aliphatic hydroxyl groups excluding tert-OH is 2. The summed E-state index contributed by atoms with van der Waals surface area (Å²) in [4.78, 5) is 23.1. The molecule has 0 radical (unpaired) electrons. The highest BCUT2D eigenvalue weighted by Gasteiger charge is 2.59. The Morgan fingerprint density at radius 2 is 1.08 bits per heavy atom. The van der Waals surface area contributed by atoms with Crippen molar-refractivity contribution in [3.63, 3.8) is 0 Å². The Bertz CT molecular complexity index is 1380. The van der Waals surface area contributed by atoms with Gasteiger partial charge in [-0.2, -0.15) is 0 Å². The summed E-state index contributed by atoms with van der Waals surface area (Å²) in [5.74, 6) is 1.81. The number of ether oxygens (including phenoxy) is 6. The van der Waals surface area contributed by atoms with Crippen LogP contribution in [0.4, 0.5) is 0 Å². The predicted octanol–water partition coefficient (Wildman–Crippen LogP) is 5.23. The van der Waals surface area contributed by atoms with Crippen molar-refractivity contribution in [3.8, 4) is 11.5 Å². The van der Waals surface area contributed by atoms with Crippen molar-refractivity contribution in [1.82, 2.24) is 0 Å². The monoisotopic (exact) mass is 692 g/mol. The van der Waals surface area contributed by atoms with Crippen molar-refractivity contribution in [2.75, 3.05) is 52.9 Å². The molecule has 2 aromatic carbocycles. The molecule has 2 unspecified atom stereocenters. The van der Waals surface area contributed by atoms with Crippen molar-refractivity contribution in [3.05, 3.63) is 84.0 Å². The van der Waals surface area contributed by atoms with E-state index in [-0.39, 0.29) is 63.7 Å². The van der Waals surface area contributed by atoms with Gasteiger partial charge in [0.05, 0.1) is 26.4 Å². The van der Waals surface area contributed by atoms with Crippen molar-refractivity contribution in [2.24, 2.45) is 11.8 Å². The molecule has 0 aromatic heterocycles. The third kappa shape index (κ3) is 9.34. The summed E-state index contributed by atoms with van der Waals surface area (Å²) in [6, 6.07) is 16.5. The number of hydrogen-bond donors (Lipinski definition) is 2. The summed E-state index contributed by atoms with van der Waals surface area (Å²) in [5, 5.41) is 21.2. The van der Waals surface area contributed by atoms with E-state index in [0.29, 0.717) is 23.0 Å². The van der Waals surface area contributed by atoms with E-state index >= 15 is 0 Å². The van der Waals surface area contributed by atoms with Gasteiger partial charge in [0.2, 0.25) is 0 Å². The fraction of sp³-hybridized carbons (Fsp3) is 0.550. The van der Waals surface area contributed by atoms with Crippen LogP contribution in [0, 0.1) is 11.8 Å². The second kappa shape index (κ2) is 17.0. The molecule has 0 saturated heterocycles. The molecular weight excluding hydrogens is 640 g/mol. The molecule has 10 nitrogen and oxygen atoms in total. The van der Waals surface area contributed by atoms with E-state index in [1.165, 1.54) is 17.5 Å². The van der Waals surface area contributed by atoms with Gasteiger partial charge in [-0.05, 0) is 76.3 Å². The fourth-order valence-electron chi connectivity index (χ4n) is 8.49. The van der Waals surface area contributed by atoms with Gasteiger partial charge in [0.25, 0.3) is 0 Å². The van der Waals surface area contributed by atoms with Crippen LogP contribution in [0.3, 0.4) is 0 Å². The Balaban J connectivity index is 1.20. The third-order valence-electron chi connectivity index (χ3n) is 10.1. The van der Waals surface area contributed by atoms with E-state index in [0.717, 1.165) is 43.6 Å². The normalized spacial score (nSPS) is 24.6. The summed E-state index contributed by atoms with van der Waals surface area (Å²) in [7, 11) is 0. The van der Waals surface area contributed by atoms with Gasteiger partial charge in [-0.15, -0.1) is 0 Å². The average Bonchev–Trinajstić information content (AvgIpc) is 3.09. The third-order valence-corrected chi connectivity index (χ3v) is 10.1. The lowest BCUT2D eigenvalue weighted by Gasteiger charge is -2.63. The molecule has 4 fully saturated rings. The van der Waals surface area contributed by atoms with Gasteiger partial charge in [0, 0.05) is 33.1 Å². The lowest BCUT2D eigenvalue weighted by Crippen LogP contribution is -2.56. The summed E-state index contributed by atoms with van der Waals surface area (Å²) in [6.07, 6.45) is 4.91. The smallest absolute Gasteiger partial charge is 0.333 e. The number of esters is 2. The molecule has 272 valence electrons. The number of aliphatic hydroxyl groups is 2. The maximum absolute atomic E-state index is 11.5. The Morgan fingerprint density at radius 1 is 0.680 bits per heavy atom. The van der Waals surface area contributed by atoms with Gasteiger partial charge in [0.1, 0.15) is 50.1 Å². The molecule has 4 aliphatic carbocycles. The maximum Gasteiger partial charge on any atom is 0.333 e. The molecule has 0 aliphatic heterocycles. The average molecular weight is 693 g/mol. The van der Waals surface area contributed by atoms with Crippen molar-refractivity contribution in [2.45, 2.75) is 75.4 Å². The zero-order chi connectivity index (χ0) is 35.7. The summed E-state index contributed by atoms with van der Waals surface area (Å²) in [5.41, 5.74) is 2.91. The van der Waals surface area contributed by atoms with Crippen molar-refractivity contribution >= 4 is 11.9 Å². The maximum atomic E-state index is 11.5. The van der Waals surface area contributed by atoms with E-state index in [1.54, 1.807) is 13.8 Å². The molecule has 0 spiro atoms. The molecule has 2 aromatic rings. The number of benzene rings is 2. The molecule has 0 amide bonds. The van der Waals surface area contributed by atoms with Gasteiger partial charge in [-0.25, -0.2) is 9.59 Å². The molecule has 2 N–H and O–H groups in total. The second-order valence-electron chi connectivity index (χ2n) is 14.4. The Labute approximate surface area is 295 Å². The second-order valence-corrected chi connectivity index (χ2v) is 14.4. The SMILES string of the molecule is C=C(C)C(=O)OCCOCC(O)COc1ccccc1C12CC3CC(C1)CC(c1ccccc1OCC(O)COCCOC(=O)C(=C)C)(C3)C2. The zero-order valence-electron chi connectivity index (χ0n) is 29.4. The fourth-order valence-corrected chi connectivity index (χ4v) is 8.49. The first-order valence-electron chi connectivity index (χ1n) is 17.6. The zero-order valence-corrected chi connectivity index (χ0v) is 29.4. The van der Waals surface area contributed by atoms with Gasteiger partial charge in [0.15, 0.2) is 0 Å². The Kier molecular flexibility index (Phi) is 12.8. The lowest BCUT2D eigenvalue weighted by molar-refractivity contribution is -0.141. The topological polar surface area (TPSA) is 130 Å². The van der Waals surface area contributed by atoms with E-state index in [2.05, 4.69) is 37.4 Å². The quantitative estimate of drug-likeness (QED) is 0.108. The lowest BCUT2D eigenvalue weighted by atomic mass is 9.41. The standard InChI is InChI=1S/C40H52O10/c1-27(2)37(43)47-15-13-45-22-31(41)24-49-35-11-7-5-9-33(35)39-18-29-17-30(19-39)21-40(20-29,26-39)34-10-6-8-12-36(34)50-25-32(42)23-46-14-16-48-38(44)28(3)4/h5-12,29-32,41-42H,1,3,13-26H2,2,4H3. The highest BCUT2D eigenvalue weighted by molar-refractivity contribution is 5.87. The van der Waals surface area contributed by atoms with Crippen molar-refractivity contribution in [1.29, 1.82) is 0 Å². The number of carbonyl (C=O) groups is 2. The minimum atomic E-state index is -0.841. The van der Waals surface area contributed by atoms with Crippen LogP contribution >= 0.6 is 0 Å².